The van der Waals surface area contributed by atoms with Crippen molar-refractivity contribution in [2.24, 2.45) is 0 Å². The number of rotatable bonds is 24. The molecule has 9 aromatic carbocycles. The molecule has 24 heteroatoms. The van der Waals surface area contributed by atoms with Gasteiger partial charge in [0.1, 0.15) is 36.2 Å². The summed E-state index contributed by atoms with van der Waals surface area (Å²) in [5, 5.41) is 47.0. The summed E-state index contributed by atoms with van der Waals surface area (Å²) in [6.45, 7) is 7.30. The van der Waals surface area contributed by atoms with Crippen molar-refractivity contribution in [3.8, 4) is 79.3 Å². The van der Waals surface area contributed by atoms with Gasteiger partial charge in [0.05, 0.1) is 67.1 Å². The van der Waals surface area contributed by atoms with Gasteiger partial charge in [-0.3, -0.25) is 33.5 Å². The zero-order chi connectivity index (χ0) is 79.0. The van der Waals surface area contributed by atoms with Gasteiger partial charge in [-0.1, -0.05) is 200 Å². The number of halogens is 5. The highest BCUT2D eigenvalue weighted by Crippen LogP contribution is 2.25. The van der Waals surface area contributed by atoms with Crippen LogP contribution in [0.15, 0.2) is 310 Å². The first kappa shape index (κ1) is 85.1. The molecule has 2 saturated heterocycles. The lowest BCUT2D eigenvalue weighted by atomic mass is 10.2. The monoisotopic (exact) mass is 1740 g/mol. The van der Waals surface area contributed by atoms with Gasteiger partial charge in [0, 0.05) is 71.7 Å². The highest BCUT2D eigenvalue weighted by atomic mass is 79.9. The Bertz CT molecular complexity index is 4910. The summed E-state index contributed by atoms with van der Waals surface area (Å²) in [4.78, 5) is 13.1. The third-order valence-electron chi connectivity index (χ3n) is 18.1. The summed E-state index contributed by atoms with van der Waals surface area (Å²) >= 11 is 18.8. The molecule has 113 heavy (non-hydrogen) atoms. The van der Waals surface area contributed by atoms with E-state index in [9.17, 15) is 9.90 Å². The van der Waals surface area contributed by atoms with Crippen molar-refractivity contribution in [3.05, 3.63) is 332 Å². The number of alkyl halides is 2. The van der Waals surface area contributed by atoms with Crippen LogP contribution in [0.25, 0.3) is 56.3 Å². The summed E-state index contributed by atoms with van der Waals surface area (Å²) in [6.07, 6.45) is 15.4. The molecule has 4 N–H and O–H groups in total. The van der Waals surface area contributed by atoms with E-state index in [4.69, 9.17) is 42.5 Å². The molecule has 7 heterocycles. The molecule has 16 rings (SSSR count). The van der Waals surface area contributed by atoms with Gasteiger partial charge in [-0.2, -0.15) is 25.5 Å². The molecule has 2 aliphatic heterocycles. The highest BCUT2D eigenvalue weighted by Gasteiger charge is 2.25. The first-order valence-electron chi connectivity index (χ1n) is 37.3. The number of benzene rings is 9. The number of aliphatic carboxylic acids is 1. The van der Waals surface area contributed by atoms with E-state index in [1.54, 1.807) is 25.4 Å². The molecule has 0 spiro atoms. The number of carboxylic acids is 1. The van der Waals surface area contributed by atoms with Crippen LogP contribution in [0.5, 0.6) is 23.0 Å². The van der Waals surface area contributed by atoms with E-state index in [1.807, 2.05) is 232 Å². The molecule has 18 nitrogen and oxygen atoms in total. The van der Waals surface area contributed by atoms with Crippen LogP contribution in [0.4, 0.5) is 0 Å². The third kappa shape index (κ3) is 30.0. The Kier molecular flexibility index (Phi) is 35.6. The second kappa shape index (κ2) is 47.3. The lowest BCUT2D eigenvalue weighted by Crippen LogP contribution is -2.35. The lowest BCUT2D eigenvalue weighted by molar-refractivity contribution is -0.137. The quantitative estimate of drug-likeness (QED) is 0.0329. The van der Waals surface area contributed by atoms with Gasteiger partial charge in [0.15, 0.2) is 0 Å². The number of nitrogens with one attached hydrogen (secondary N) is 2. The number of likely N-dealkylation sites (tertiary alicyclic amines) is 1. The van der Waals surface area contributed by atoms with E-state index in [2.05, 4.69) is 167 Å². The van der Waals surface area contributed by atoms with Crippen molar-refractivity contribution in [1.29, 1.82) is 0 Å². The number of aromatic amines is 1. The highest BCUT2D eigenvalue weighted by molar-refractivity contribution is 9.69. The third-order valence-corrected chi connectivity index (χ3v) is 18.1. The van der Waals surface area contributed by atoms with Crippen LogP contribution in [0, 0.1) is 0 Å². The normalized spacial score (nSPS) is 13.2. The smallest absolute Gasteiger partial charge is 0.369 e. The van der Waals surface area contributed by atoms with E-state index in [-0.39, 0.29) is 20.7 Å². The number of carbonyl (C=O) groups is 1. The molecule has 0 radical (unpaired) electrons. The van der Waals surface area contributed by atoms with E-state index in [0.717, 1.165) is 126 Å². The molecular formula is C89H92BBr3Cl2N12O6. The van der Waals surface area contributed by atoms with Crippen LogP contribution >= 0.6 is 70.5 Å². The topological polar surface area (TPSA) is 200 Å². The van der Waals surface area contributed by atoms with E-state index < -0.39 is 5.97 Å². The van der Waals surface area contributed by atoms with Crippen molar-refractivity contribution in [3.63, 3.8) is 0 Å². The van der Waals surface area contributed by atoms with Gasteiger partial charge < -0.3 is 29.7 Å². The van der Waals surface area contributed by atoms with Gasteiger partial charge in [-0.15, -0.1) is 70.5 Å². The van der Waals surface area contributed by atoms with Gasteiger partial charge in [-0.05, 0) is 158 Å². The van der Waals surface area contributed by atoms with Crippen LogP contribution in [-0.2, 0) is 31.0 Å². The Hall–Kier alpha value is -10.3. The fraction of sp³-hybridized carbons (Fsp3) is 0.213. The average molecular weight is 1750 g/mol. The SMILES string of the molecule is BrB(Br)Br.COc1ccc(Cn2ccc(-c3ccccc3)n2)cc1.ClCCl.O=C(O)CCCN1CCCC1COc1ccc(Cn2ccc(-c3ccccc3)n2)cc1.Oc1ccc(Cn2ccc(-c3ccccc3)n2)cc1.c1ccc(-c2ccn(Cc3ccc(OCC4CCCN4)cc3)n2)cc1.c1ccc(-c2ccn[nH]2)cc1. The number of nitrogens with zero attached hydrogens (tertiary/aromatic N) is 10. The molecular weight excluding hydrogens is 1650 g/mol. The molecule has 0 aliphatic carbocycles. The molecule has 2 atom stereocenters. The van der Waals surface area contributed by atoms with Crippen LogP contribution in [0.1, 0.15) is 60.8 Å². The maximum Gasteiger partial charge on any atom is 0.369 e. The standard InChI is InChI=1S/C25H29N3O3.C21H23N3O.C17H16N2O.C16H14N2O.C9H8N2.CH2Cl2.BBr3/c29-25(30)9-5-16-27-15-4-8-22(27)19-31-23-12-10-20(11-13-23)18-28-17-14-24(26-28)21-6-2-1-3-7-21;1-2-5-18(6-3-1)21-12-14-24(23-21)15-17-8-10-20(11-9-17)25-16-19-7-4-13-22-19;1-20-16-9-7-14(8-10-16)13-19-12-11-17(18-19)15-5-3-2-4-6-15;19-15-8-6-13(7-9-15)12-18-11-10-16(17-18)14-4-2-1-3-5-14;1-2-4-8(5-3-1)9-6-7-10-11-9;2-1-3;2-1(3)4/h1-3,6-7,10-14,17,22H,4-5,8-9,15-16,18-19H2,(H,29,30);1-3,5-6,8-12,14,19,22H,4,7,13,15-16H2;2-12H,13H2,1H3;1-11,19H,12H2;1-7H,(H,10,11);1H2;. The van der Waals surface area contributed by atoms with Crippen LogP contribution < -0.4 is 19.5 Å². The number of phenolic OH excluding ortho intramolecular Hbond substituents is 1. The summed E-state index contributed by atoms with van der Waals surface area (Å²) in [5.41, 5.74) is 15.4. The Morgan fingerprint density at radius 3 is 1.19 bits per heavy atom. The van der Waals surface area contributed by atoms with E-state index >= 15 is 0 Å². The minimum absolute atomic E-state index is 0.194. The summed E-state index contributed by atoms with van der Waals surface area (Å²) in [5.74, 6) is 2.24. The van der Waals surface area contributed by atoms with E-state index in [1.165, 1.54) is 35.1 Å². The molecule has 2 unspecified atom stereocenters. The zero-order valence-electron chi connectivity index (χ0n) is 62.9. The van der Waals surface area contributed by atoms with Gasteiger partial charge in [0.2, 0.25) is 0 Å². The second-order valence-electron chi connectivity index (χ2n) is 26.3. The Morgan fingerprint density at radius 2 is 0.841 bits per heavy atom. The summed E-state index contributed by atoms with van der Waals surface area (Å²) in [7, 11) is 1.68. The van der Waals surface area contributed by atoms with Crippen molar-refractivity contribution >= 4 is 79.6 Å². The molecule has 582 valence electrons. The molecule has 5 aromatic heterocycles. The zero-order valence-corrected chi connectivity index (χ0v) is 69.1. The van der Waals surface area contributed by atoms with E-state index in [0.29, 0.717) is 38.2 Å². The minimum Gasteiger partial charge on any atom is -0.508 e. The first-order valence-corrected chi connectivity index (χ1v) is 41.1. The number of hydrogen-bond acceptors (Lipinski definition) is 12. The number of H-pyrrole nitrogens is 1. The number of carboxylic acid groups (broad SMARTS) is 1. The van der Waals surface area contributed by atoms with Crippen molar-refractivity contribution in [2.75, 3.05) is 45.3 Å². The number of ether oxygens (including phenoxy) is 3. The molecule has 2 aliphatic rings. The second-order valence-corrected chi connectivity index (χ2v) is 33.5. The van der Waals surface area contributed by atoms with Crippen LogP contribution in [0.2, 0.25) is 0 Å². The minimum atomic E-state index is -0.724. The van der Waals surface area contributed by atoms with Crippen molar-refractivity contribution in [1.82, 2.24) is 59.5 Å². The number of hydrogen-bond donors (Lipinski definition) is 4. The predicted octanol–water partition coefficient (Wildman–Crippen LogP) is 20.6. The summed E-state index contributed by atoms with van der Waals surface area (Å²) < 4.78 is 25.1. The average Bonchev–Trinajstić information content (AvgIpc) is 1.74. The number of methoxy groups -OCH3 is 1. The fourth-order valence-corrected chi connectivity index (χ4v) is 12.4. The maximum absolute atomic E-state index is 10.7. The summed E-state index contributed by atoms with van der Waals surface area (Å²) in [6, 6.07) is 93.6. The van der Waals surface area contributed by atoms with Gasteiger partial charge >= 0.3 is 9.15 Å². The fourth-order valence-electron chi connectivity index (χ4n) is 12.4. The van der Waals surface area contributed by atoms with Gasteiger partial charge in [0.25, 0.3) is 0 Å². The lowest BCUT2D eigenvalue weighted by Gasteiger charge is -2.24. The maximum atomic E-state index is 10.7. The molecule has 0 bridgehead atoms. The Balaban J connectivity index is 0.000000150. The van der Waals surface area contributed by atoms with Crippen LogP contribution in [0.3, 0.4) is 0 Å². The largest absolute Gasteiger partial charge is 0.508 e. The van der Waals surface area contributed by atoms with Crippen molar-refractivity contribution < 1.29 is 29.2 Å². The number of phenols is 1. The molecule has 14 aromatic rings. The molecule has 0 saturated carbocycles. The molecule has 2 fully saturated rings. The predicted molar refractivity (Wildman–Crippen MR) is 468 cm³/mol. The first-order chi connectivity index (χ1) is 55.3. The Labute approximate surface area is 696 Å². The number of aromatic nitrogens is 10. The molecule has 0 amide bonds. The van der Waals surface area contributed by atoms with Crippen LogP contribution in [-0.4, -0.2) is 131 Å². The van der Waals surface area contributed by atoms with Crippen molar-refractivity contribution in [2.45, 2.75) is 76.8 Å². The number of aromatic hydroxyl groups is 1. The Morgan fingerprint density at radius 1 is 0.478 bits per heavy atom. The van der Waals surface area contributed by atoms with Gasteiger partial charge in [-0.25, -0.2) is 0 Å².